The number of rotatable bonds is 3. The zero-order valence-electron chi connectivity index (χ0n) is 12.7. The van der Waals surface area contributed by atoms with E-state index in [4.69, 9.17) is 5.11 Å². The van der Waals surface area contributed by atoms with Gasteiger partial charge in [-0.15, -0.1) is 0 Å². The summed E-state index contributed by atoms with van der Waals surface area (Å²) < 4.78 is 0. The summed E-state index contributed by atoms with van der Waals surface area (Å²) in [5.74, 6) is -0.357. The number of amides is 1. The van der Waals surface area contributed by atoms with Crippen molar-refractivity contribution in [1.82, 2.24) is 4.90 Å². The molecular weight excluding hydrogens is 294 g/mol. The number of hydrogen-bond donors (Lipinski definition) is 2. The number of aliphatic hydroxyl groups excluding tert-OH is 1. The lowest BCUT2D eigenvalue weighted by molar-refractivity contribution is 0.0806. The van der Waals surface area contributed by atoms with Gasteiger partial charge < -0.3 is 15.1 Å². The maximum Gasteiger partial charge on any atom is 0.407 e. The monoisotopic (exact) mass is 313 g/mol. The van der Waals surface area contributed by atoms with Crippen LogP contribution in [0.25, 0.3) is 10.8 Å². The van der Waals surface area contributed by atoms with Crippen LogP contribution in [-0.4, -0.2) is 40.1 Å². The van der Waals surface area contributed by atoms with E-state index in [1.807, 2.05) is 30.3 Å². The maximum absolute atomic E-state index is 12.8. The van der Waals surface area contributed by atoms with Crippen LogP contribution in [0.1, 0.15) is 28.8 Å². The van der Waals surface area contributed by atoms with E-state index in [2.05, 4.69) is 0 Å². The second kappa shape index (κ2) is 6.38. The Bertz CT molecular complexity index is 756. The predicted octanol–water partition coefficient (Wildman–Crippen LogP) is 2.90. The molecule has 120 valence electrons. The number of nitrogens with zero attached hydrogens (tertiary/aromatic N) is 1. The zero-order chi connectivity index (χ0) is 16.4. The number of Topliss-reactive ketones (excluding diaryl/α,β-unsaturated/α-hetero) is 1. The van der Waals surface area contributed by atoms with Crippen LogP contribution in [0, 0.1) is 5.92 Å². The molecule has 0 aliphatic carbocycles. The van der Waals surface area contributed by atoms with Gasteiger partial charge in [0.25, 0.3) is 0 Å². The molecule has 1 aliphatic heterocycles. The number of carbonyl (C=O) groups is 2. The maximum atomic E-state index is 12.8. The third-order valence-corrected chi connectivity index (χ3v) is 4.47. The van der Waals surface area contributed by atoms with Crippen molar-refractivity contribution in [2.24, 2.45) is 5.92 Å². The molecule has 3 rings (SSSR count). The van der Waals surface area contributed by atoms with Crippen LogP contribution in [0.15, 0.2) is 36.4 Å². The highest BCUT2D eigenvalue weighted by molar-refractivity contribution is 6.02. The summed E-state index contributed by atoms with van der Waals surface area (Å²) in [4.78, 5) is 25.2. The highest BCUT2D eigenvalue weighted by Crippen LogP contribution is 2.26. The van der Waals surface area contributed by atoms with E-state index in [1.54, 1.807) is 6.07 Å². The molecule has 1 saturated heterocycles. The number of aliphatic hydroxyl groups is 1. The van der Waals surface area contributed by atoms with E-state index in [0.717, 1.165) is 16.3 Å². The van der Waals surface area contributed by atoms with Crippen LogP contribution in [-0.2, 0) is 6.61 Å². The molecule has 2 aromatic carbocycles. The minimum atomic E-state index is -0.975. The standard InChI is InChI=1S/C18H19NO4/c20-11-15-9-14(8-12-4-1-2-6-16(12)15)17(21)13-5-3-7-19(10-13)18(22)23/h1-2,4,6,8-9,13,20H,3,5,7,10-11H2,(H,22,23). The molecule has 1 fully saturated rings. The van der Waals surface area contributed by atoms with Crippen molar-refractivity contribution in [2.75, 3.05) is 13.1 Å². The highest BCUT2D eigenvalue weighted by Gasteiger charge is 2.29. The van der Waals surface area contributed by atoms with Crippen LogP contribution >= 0.6 is 0 Å². The molecule has 2 aromatic rings. The molecule has 5 heteroatoms. The summed E-state index contributed by atoms with van der Waals surface area (Å²) in [6, 6.07) is 11.2. The second-order valence-electron chi connectivity index (χ2n) is 5.95. The summed E-state index contributed by atoms with van der Waals surface area (Å²) in [6.07, 6.45) is 0.421. The summed E-state index contributed by atoms with van der Waals surface area (Å²) >= 11 is 0. The molecule has 1 aliphatic rings. The highest BCUT2D eigenvalue weighted by atomic mass is 16.4. The summed E-state index contributed by atoms with van der Waals surface area (Å²) in [5.41, 5.74) is 1.27. The summed E-state index contributed by atoms with van der Waals surface area (Å²) in [6.45, 7) is 0.599. The van der Waals surface area contributed by atoms with Crippen molar-refractivity contribution >= 4 is 22.6 Å². The Balaban J connectivity index is 1.93. The van der Waals surface area contributed by atoms with E-state index in [9.17, 15) is 14.7 Å². The first-order valence-corrected chi connectivity index (χ1v) is 7.74. The number of hydrogen-bond acceptors (Lipinski definition) is 3. The molecule has 0 saturated carbocycles. The van der Waals surface area contributed by atoms with Gasteiger partial charge >= 0.3 is 6.09 Å². The third-order valence-electron chi connectivity index (χ3n) is 4.47. The molecule has 0 bridgehead atoms. The van der Waals surface area contributed by atoms with E-state index in [-0.39, 0.29) is 24.9 Å². The molecular formula is C18H19NO4. The summed E-state index contributed by atoms with van der Waals surface area (Å²) in [7, 11) is 0. The first-order valence-electron chi connectivity index (χ1n) is 7.74. The number of ketones is 1. The third kappa shape index (κ3) is 3.05. The zero-order valence-corrected chi connectivity index (χ0v) is 12.7. The van der Waals surface area contributed by atoms with Crippen molar-refractivity contribution in [3.05, 3.63) is 47.5 Å². The number of carbonyl (C=O) groups excluding carboxylic acids is 1. The largest absolute Gasteiger partial charge is 0.465 e. The molecule has 5 nitrogen and oxygen atoms in total. The van der Waals surface area contributed by atoms with Gasteiger partial charge in [-0.2, -0.15) is 0 Å². The molecule has 23 heavy (non-hydrogen) atoms. The fourth-order valence-corrected chi connectivity index (χ4v) is 3.26. The first-order chi connectivity index (χ1) is 11.1. The van der Waals surface area contributed by atoms with Crippen molar-refractivity contribution < 1.29 is 19.8 Å². The van der Waals surface area contributed by atoms with E-state index in [0.29, 0.717) is 24.9 Å². The van der Waals surface area contributed by atoms with Crippen molar-refractivity contribution in [1.29, 1.82) is 0 Å². The van der Waals surface area contributed by atoms with E-state index in [1.165, 1.54) is 4.90 Å². The Morgan fingerprint density at radius 2 is 2.00 bits per heavy atom. The second-order valence-corrected chi connectivity index (χ2v) is 5.95. The topological polar surface area (TPSA) is 77.8 Å². The molecule has 1 heterocycles. The van der Waals surface area contributed by atoms with Gasteiger partial charge in [-0.3, -0.25) is 4.79 Å². The Morgan fingerprint density at radius 3 is 2.74 bits per heavy atom. The van der Waals surface area contributed by atoms with Gasteiger partial charge in [0.2, 0.25) is 0 Å². The van der Waals surface area contributed by atoms with Crippen LogP contribution in [0.4, 0.5) is 4.79 Å². The number of fused-ring (bicyclic) bond motifs is 1. The molecule has 0 radical (unpaired) electrons. The minimum Gasteiger partial charge on any atom is -0.465 e. The fraction of sp³-hybridized carbons (Fsp3) is 0.333. The molecule has 1 amide bonds. The van der Waals surface area contributed by atoms with Gasteiger partial charge in [0.1, 0.15) is 0 Å². The van der Waals surface area contributed by atoms with E-state index < -0.39 is 6.09 Å². The average Bonchev–Trinajstić information content (AvgIpc) is 2.60. The van der Waals surface area contributed by atoms with Gasteiger partial charge in [0.15, 0.2) is 5.78 Å². The molecule has 1 unspecified atom stereocenters. The van der Waals surface area contributed by atoms with Crippen LogP contribution < -0.4 is 0 Å². The quantitative estimate of drug-likeness (QED) is 0.854. The number of piperidine rings is 1. The number of carboxylic acid groups (broad SMARTS) is 1. The van der Waals surface area contributed by atoms with Gasteiger partial charge in [-0.1, -0.05) is 24.3 Å². The normalized spacial score (nSPS) is 18.1. The molecule has 0 spiro atoms. The van der Waals surface area contributed by atoms with Gasteiger partial charge in [-0.05, 0) is 41.3 Å². The Hall–Kier alpha value is -2.40. The lowest BCUT2D eigenvalue weighted by Gasteiger charge is -2.30. The molecule has 1 atom stereocenters. The number of likely N-dealkylation sites (tertiary alicyclic amines) is 1. The minimum absolute atomic E-state index is 0.0450. The molecule has 2 N–H and O–H groups in total. The Morgan fingerprint density at radius 1 is 1.22 bits per heavy atom. The van der Waals surface area contributed by atoms with Crippen LogP contribution in [0.5, 0.6) is 0 Å². The molecule has 0 aromatic heterocycles. The SMILES string of the molecule is O=C(c1cc(CO)c2ccccc2c1)C1CCCN(C(=O)O)C1. The smallest absolute Gasteiger partial charge is 0.407 e. The van der Waals surface area contributed by atoms with Crippen molar-refractivity contribution in [3.8, 4) is 0 Å². The number of benzene rings is 2. The van der Waals surface area contributed by atoms with Gasteiger partial charge in [0.05, 0.1) is 6.61 Å². The van der Waals surface area contributed by atoms with E-state index >= 15 is 0 Å². The average molecular weight is 313 g/mol. The Labute approximate surface area is 134 Å². The van der Waals surface area contributed by atoms with Gasteiger partial charge in [0, 0.05) is 24.6 Å². The van der Waals surface area contributed by atoms with Gasteiger partial charge in [-0.25, -0.2) is 4.79 Å². The lowest BCUT2D eigenvalue weighted by Crippen LogP contribution is -2.41. The predicted molar refractivity (Wildman–Crippen MR) is 86.5 cm³/mol. The lowest BCUT2D eigenvalue weighted by atomic mass is 9.88. The van der Waals surface area contributed by atoms with Crippen LogP contribution in [0.2, 0.25) is 0 Å². The van der Waals surface area contributed by atoms with Crippen molar-refractivity contribution in [3.63, 3.8) is 0 Å². The fourth-order valence-electron chi connectivity index (χ4n) is 3.26. The van der Waals surface area contributed by atoms with Crippen molar-refractivity contribution in [2.45, 2.75) is 19.4 Å². The Kier molecular flexibility index (Phi) is 4.30. The van der Waals surface area contributed by atoms with Crippen LogP contribution in [0.3, 0.4) is 0 Å². The first kappa shape index (κ1) is 15.5. The summed E-state index contributed by atoms with van der Waals surface area (Å²) in [5, 5.41) is 20.5.